The summed E-state index contributed by atoms with van der Waals surface area (Å²) in [4.78, 5) is 15.8. The number of aromatic hydroxyl groups is 1. The van der Waals surface area contributed by atoms with Gasteiger partial charge in [0, 0.05) is 5.56 Å². The Labute approximate surface area is 151 Å². The predicted octanol–water partition coefficient (Wildman–Crippen LogP) is 5.08. The molecule has 2 N–H and O–H groups in total. The minimum Gasteiger partial charge on any atom is -0.506 e. The van der Waals surface area contributed by atoms with Crippen molar-refractivity contribution in [1.82, 2.24) is 4.98 Å². The first-order valence-corrected chi connectivity index (χ1v) is 8.41. The first kappa shape index (κ1) is 15.9. The summed E-state index contributed by atoms with van der Waals surface area (Å²) in [6, 6.07) is 28.4. The number of H-pyrrole nitrogens is 1. The lowest BCUT2D eigenvalue weighted by atomic mass is 9.94. The van der Waals surface area contributed by atoms with Crippen molar-refractivity contribution in [2.75, 3.05) is 0 Å². The molecule has 0 aliphatic heterocycles. The van der Waals surface area contributed by atoms with Gasteiger partial charge in [-0.05, 0) is 16.7 Å². The number of benzene rings is 3. The second-order valence-corrected chi connectivity index (χ2v) is 6.03. The van der Waals surface area contributed by atoms with Gasteiger partial charge >= 0.3 is 0 Å². The number of nitrogens with one attached hydrogen (secondary N) is 1. The van der Waals surface area contributed by atoms with Crippen LogP contribution in [0.2, 0.25) is 0 Å². The third-order valence-electron chi connectivity index (χ3n) is 4.38. The smallest absolute Gasteiger partial charge is 0.260 e. The van der Waals surface area contributed by atoms with E-state index >= 15 is 0 Å². The summed E-state index contributed by atoms with van der Waals surface area (Å²) in [6.07, 6.45) is 0. The molecule has 4 aromatic rings. The average Bonchev–Trinajstić information content (AvgIpc) is 2.70. The Kier molecular flexibility index (Phi) is 4.12. The third-order valence-corrected chi connectivity index (χ3v) is 4.38. The summed E-state index contributed by atoms with van der Waals surface area (Å²) in [5.41, 5.74) is 3.57. The van der Waals surface area contributed by atoms with Crippen LogP contribution in [0, 0.1) is 0 Å². The minimum atomic E-state index is -0.313. The molecule has 0 aliphatic rings. The van der Waals surface area contributed by atoms with Crippen molar-refractivity contribution in [2.45, 2.75) is 0 Å². The van der Waals surface area contributed by atoms with Gasteiger partial charge in [-0.2, -0.15) is 0 Å². The average molecular weight is 339 g/mol. The van der Waals surface area contributed by atoms with Crippen LogP contribution in [0.1, 0.15) is 0 Å². The zero-order chi connectivity index (χ0) is 17.9. The number of hydrogen-bond acceptors (Lipinski definition) is 2. The third kappa shape index (κ3) is 2.80. The molecule has 1 aromatic heterocycles. The van der Waals surface area contributed by atoms with E-state index in [0.717, 1.165) is 11.1 Å². The molecule has 3 aromatic carbocycles. The fourth-order valence-corrected chi connectivity index (χ4v) is 3.17. The summed E-state index contributed by atoms with van der Waals surface area (Å²) >= 11 is 0. The molecular formula is C23H17NO2. The SMILES string of the molecule is O=c1[nH]c(-c2ccccc2)c(-c2ccccc2)c(O)c1-c1ccccc1. The summed E-state index contributed by atoms with van der Waals surface area (Å²) in [5.74, 6) is -0.00926. The molecule has 0 aliphatic carbocycles. The molecule has 3 heteroatoms. The van der Waals surface area contributed by atoms with E-state index < -0.39 is 0 Å². The van der Waals surface area contributed by atoms with E-state index in [-0.39, 0.29) is 16.9 Å². The van der Waals surface area contributed by atoms with Gasteiger partial charge in [0.05, 0.1) is 11.3 Å². The van der Waals surface area contributed by atoms with Crippen molar-refractivity contribution in [3.05, 3.63) is 101 Å². The second kappa shape index (κ2) is 6.73. The highest BCUT2D eigenvalue weighted by Gasteiger charge is 2.20. The van der Waals surface area contributed by atoms with Crippen LogP contribution in [0.5, 0.6) is 5.75 Å². The highest BCUT2D eigenvalue weighted by atomic mass is 16.3. The maximum absolute atomic E-state index is 12.8. The van der Waals surface area contributed by atoms with Gasteiger partial charge in [-0.3, -0.25) is 4.79 Å². The van der Waals surface area contributed by atoms with Gasteiger partial charge in [0.1, 0.15) is 5.75 Å². The summed E-state index contributed by atoms with van der Waals surface area (Å²) < 4.78 is 0. The van der Waals surface area contributed by atoms with E-state index in [0.29, 0.717) is 16.8 Å². The highest BCUT2D eigenvalue weighted by molar-refractivity contribution is 5.90. The quantitative estimate of drug-likeness (QED) is 0.547. The zero-order valence-electron chi connectivity index (χ0n) is 14.0. The lowest BCUT2D eigenvalue weighted by Gasteiger charge is -2.15. The van der Waals surface area contributed by atoms with Crippen LogP contribution in [0.25, 0.3) is 33.5 Å². The highest BCUT2D eigenvalue weighted by Crippen LogP contribution is 2.40. The number of rotatable bonds is 3. The van der Waals surface area contributed by atoms with E-state index in [2.05, 4.69) is 4.98 Å². The van der Waals surface area contributed by atoms with Crippen molar-refractivity contribution in [1.29, 1.82) is 0 Å². The molecule has 126 valence electrons. The molecule has 3 nitrogen and oxygen atoms in total. The Balaban J connectivity index is 2.07. The van der Waals surface area contributed by atoms with Gasteiger partial charge < -0.3 is 10.1 Å². The predicted molar refractivity (Wildman–Crippen MR) is 105 cm³/mol. The van der Waals surface area contributed by atoms with Crippen LogP contribution < -0.4 is 5.56 Å². The van der Waals surface area contributed by atoms with E-state index in [4.69, 9.17) is 0 Å². The van der Waals surface area contributed by atoms with Crippen molar-refractivity contribution in [3.63, 3.8) is 0 Å². The van der Waals surface area contributed by atoms with Crippen molar-refractivity contribution < 1.29 is 5.11 Å². The molecule has 4 rings (SSSR count). The number of aromatic nitrogens is 1. The molecule has 0 amide bonds. The molecule has 26 heavy (non-hydrogen) atoms. The van der Waals surface area contributed by atoms with Gasteiger partial charge in [0.2, 0.25) is 0 Å². The van der Waals surface area contributed by atoms with E-state index in [1.165, 1.54) is 0 Å². The largest absolute Gasteiger partial charge is 0.506 e. The molecule has 0 saturated heterocycles. The second-order valence-electron chi connectivity index (χ2n) is 6.03. The number of pyridine rings is 1. The minimum absolute atomic E-state index is 0.00926. The molecule has 1 heterocycles. The Morgan fingerprint density at radius 2 is 1.00 bits per heavy atom. The first-order valence-electron chi connectivity index (χ1n) is 8.41. The molecule has 0 fully saturated rings. The molecular weight excluding hydrogens is 322 g/mol. The van der Waals surface area contributed by atoms with Gasteiger partial charge in [0.25, 0.3) is 5.56 Å². The summed E-state index contributed by atoms with van der Waals surface area (Å²) in [6.45, 7) is 0. The molecule has 0 bridgehead atoms. The standard InChI is InChI=1S/C23H17NO2/c25-22-19(16-10-4-1-5-11-16)21(18-14-8-3-9-15-18)24-23(26)20(22)17-12-6-2-7-13-17/h1-15H,(H2,24,25,26). The van der Waals surface area contributed by atoms with Gasteiger partial charge in [0.15, 0.2) is 0 Å². The van der Waals surface area contributed by atoms with Crippen LogP contribution in [0.3, 0.4) is 0 Å². The fraction of sp³-hybridized carbons (Fsp3) is 0. The maximum atomic E-state index is 12.8. The van der Waals surface area contributed by atoms with E-state index in [9.17, 15) is 9.90 Å². The van der Waals surface area contributed by atoms with Crippen LogP contribution in [-0.4, -0.2) is 10.1 Å². The Morgan fingerprint density at radius 1 is 0.577 bits per heavy atom. The zero-order valence-corrected chi connectivity index (χ0v) is 14.0. The van der Waals surface area contributed by atoms with Crippen molar-refractivity contribution in [3.8, 4) is 39.3 Å². The lowest BCUT2D eigenvalue weighted by Crippen LogP contribution is -2.12. The maximum Gasteiger partial charge on any atom is 0.260 e. The first-order chi connectivity index (χ1) is 12.8. The lowest BCUT2D eigenvalue weighted by molar-refractivity contribution is 0.478. The van der Waals surface area contributed by atoms with Crippen LogP contribution in [0.4, 0.5) is 0 Å². The Bertz CT molecular complexity index is 1090. The number of hydrogen-bond donors (Lipinski definition) is 2. The fourth-order valence-electron chi connectivity index (χ4n) is 3.17. The molecule has 0 spiro atoms. The molecule has 0 radical (unpaired) electrons. The molecule has 0 atom stereocenters. The van der Waals surface area contributed by atoms with E-state index in [1.54, 1.807) is 0 Å². The van der Waals surface area contributed by atoms with Crippen molar-refractivity contribution >= 4 is 0 Å². The topological polar surface area (TPSA) is 53.1 Å². The monoisotopic (exact) mass is 339 g/mol. The molecule has 0 unspecified atom stereocenters. The van der Waals surface area contributed by atoms with Crippen LogP contribution in [0.15, 0.2) is 95.8 Å². The van der Waals surface area contributed by atoms with Crippen LogP contribution >= 0.6 is 0 Å². The van der Waals surface area contributed by atoms with Crippen LogP contribution in [-0.2, 0) is 0 Å². The molecule has 0 saturated carbocycles. The van der Waals surface area contributed by atoms with Crippen molar-refractivity contribution in [2.24, 2.45) is 0 Å². The van der Waals surface area contributed by atoms with E-state index in [1.807, 2.05) is 91.0 Å². The van der Waals surface area contributed by atoms with Gasteiger partial charge in [-0.15, -0.1) is 0 Å². The number of aromatic amines is 1. The Morgan fingerprint density at radius 3 is 1.50 bits per heavy atom. The summed E-state index contributed by atoms with van der Waals surface area (Å²) in [5, 5.41) is 11.1. The summed E-state index contributed by atoms with van der Waals surface area (Å²) in [7, 11) is 0. The van der Waals surface area contributed by atoms with Gasteiger partial charge in [-0.25, -0.2) is 0 Å². The normalized spacial score (nSPS) is 10.6. The van der Waals surface area contributed by atoms with Gasteiger partial charge in [-0.1, -0.05) is 91.0 Å². The Hall–Kier alpha value is -3.59.